The van der Waals surface area contributed by atoms with Crippen molar-refractivity contribution in [2.45, 2.75) is 26.2 Å². The average Bonchev–Trinajstić information content (AvgIpc) is 2.75. The fourth-order valence-electron chi connectivity index (χ4n) is 3.48. The molecule has 144 valence electrons. The second-order valence-corrected chi connectivity index (χ2v) is 8.48. The largest absolute Gasteiger partial charge is 0.356 e. The van der Waals surface area contributed by atoms with E-state index in [2.05, 4.69) is 129 Å². The number of rotatable bonds is 4. The standard InChI is InChI=1S/C28H27N/c1-28(2,3)25-14-18-27(19-15-25)29-26-16-12-22(13-17-26)24-11-7-10-23(20-24)21-8-5-4-6-9-21/h4-20,29H,1-3H3. The van der Waals surface area contributed by atoms with Crippen LogP contribution in [0.25, 0.3) is 22.3 Å². The van der Waals surface area contributed by atoms with Gasteiger partial charge in [-0.05, 0) is 63.6 Å². The Bertz CT molecular complexity index is 1070. The van der Waals surface area contributed by atoms with Crippen molar-refractivity contribution in [1.82, 2.24) is 0 Å². The highest BCUT2D eigenvalue weighted by Gasteiger charge is 2.12. The van der Waals surface area contributed by atoms with Crippen LogP contribution in [0.5, 0.6) is 0 Å². The Kier molecular flexibility index (Phi) is 5.22. The van der Waals surface area contributed by atoms with Crippen molar-refractivity contribution in [3.05, 3.63) is 109 Å². The molecule has 1 N–H and O–H groups in total. The lowest BCUT2D eigenvalue weighted by molar-refractivity contribution is 0.590. The molecule has 4 aromatic carbocycles. The van der Waals surface area contributed by atoms with Crippen molar-refractivity contribution < 1.29 is 0 Å². The zero-order valence-electron chi connectivity index (χ0n) is 17.3. The summed E-state index contributed by atoms with van der Waals surface area (Å²) in [5.74, 6) is 0. The summed E-state index contributed by atoms with van der Waals surface area (Å²) in [6.07, 6.45) is 0. The van der Waals surface area contributed by atoms with Gasteiger partial charge in [-0.25, -0.2) is 0 Å². The molecule has 0 radical (unpaired) electrons. The van der Waals surface area contributed by atoms with Crippen LogP contribution in [0.4, 0.5) is 11.4 Å². The summed E-state index contributed by atoms with van der Waals surface area (Å²) in [4.78, 5) is 0. The maximum Gasteiger partial charge on any atom is 0.0384 e. The van der Waals surface area contributed by atoms with Crippen molar-refractivity contribution in [2.75, 3.05) is 5.32 Å². The smallest absolute Gasteiger partial charge is 0.0384 e. The zero-order valence-corrected chi connectivity index (χ0v) is 17.3. The fraction of sp³-hybridized carbons (Fsp3) is 0.143. The van der Waals surface area contributed by atoms with Crippen LogP contribution in [0.3, 0.4) is 0 Å². The Hall–Kier alpha value is -3.32. The van der Waals surface area contributed by atoms with Gasteiger partial charge in [0.05, 0.1) is 0 Å². The van der Waals surface area contributed by atoms with E-state index < -0.39 is 0 Å². The lowest BCUT2D eigenvalue weighted by Gasteiger charge is -2.19. The first-order valence-electron chi connectivity index (χ1n) is 10.1. The molecule has 0 aliphatic heterocycles. The van der Waals surface area contributed by atoms with Gasteiger partial charge < -0.3 is 5.32 Å². The van der Waals surface area contributed by atoms with Gasteiger partial charge in [0.15, 0.2) is 0 Å². The van der Waals surface area contributed by atoms with Crippen LogP contribution in [0.1, 0.15) is 26.3 Å². The van der Waals surface area contributed by atoms with E-state index in [0.29, 0.717) is 0 Å². The van der Waals surface area contributed by atoms with E-state index >= 15 is 0 Å². The van der Waals surface area contributed by atoms with Crippen LogP contribution in [0.2, 0.25) is 0 Å². The van der Waals surface area contributed by atoms with Crippen LogP contribution in [-0.2, 0) is 5.41 Å². The van der Waals surface area contributed by atoms with E-state index in [-0.39, 0.29) is 5.41 Å². The van der Waals surface area contributed by atoms with Crippen molar-refractivity contribution in [1.29, 1.82) is 0 Å². The third kappa shape index (κ3) is 4.57. The maximum atomic E-state index is 3.50. The Morgan fingerprint density at radius 1 is 0.483 bits per heavy atom. The number of nitrogens with one attached hydrogen (secondary N) is 1. The van der Waals surface area contributed by atoms with Gasteiger partial charge in [-0.3, -0.25) is 0 Å². The average molecular weight is 378 g/mol. The SMILES string of the molecule is CC(C)(C)c1ccc(Nc2ccc(-c3cccc(-c4ccccc4)c3)cc2)cc1. The van der Waals surface area contributed by atoms with Crippen molar-refractivity contribution in [3.63, 3.8) is 0 Å². The molecule has 0 aliphatic rings. The highest BCUT2D eigenvalue weighted by atomic mass is 14.9. The van der Waals surface area contributed by atoms with Gasteiger partial charge in [0.2, 0.25) is 0 Å². The number of benzene rings is 4. The molecular formula is C28H27N. The van der Waals surface area contributed by atoms with Crippen LogP contribution < -0.4 is 5.32 Å². The molecule has 0 bridgehead atoms. The van der Waals surface area contributed by atoms with Gasteiger partial charge >= 0.3 is 0 Å². The van der Waals surface area contributed by atoms with Gasteiger partial charge in [0.25, 0.3) is 0 Å². The summed E-state index contributed by atoms with van der Waals surface area (Å²) in [5.41, 5.74) is 8.65. The topological polar surface area (TPSA) is 12.0 Å². The van der Waals surface area contributed by atoms with Gasteiger partial charge in [-0.15, -0.1) is 0 Å². The quantitative estimate of drug-likeness (QED) is 0.379. The first-order valence-corrected chi connectivity index (χ1v) is 10.1. The normalized spacial score (nSPS) is 11.3. The van der Waals surface area contributed by atoms with Crippen LogP contribution in [0.15, 0.2) is 103 Å². The fourth-order valence-corrected chi connectivity index (χ4v) is 3.48. The van der Waals surface area contributed by atoms with E-state index in [1.165, 1.54) is 27.8 Å². The molecule has 1 nitrogen and oxygen atoms in total. The summed E-state index contributed by atoms with van der Waals surface area (Å²) in [6, 6.07) is 36.6. The first-order chi connectivity index (χ1) is 14.0. The molecule has 0 unspecified atom stereocenters. The predicted molar refractivity (Wildman–Crippen MR) is 126 cm³/mol. The van der Waals surface area contributed by atoms with Crippen LogP contribution in [0, 0.1) is 0 Å². The van der Waals surface area contributed by atoms with Crippen LogP contribution >= 0.6 is 0 Å². The second-order valence-electron chi connectivity index (χ2n) is 8.48. The Morgan fingerprint density at radius 3 is 1.52 bits per heavy atom. The minimum atomic E-state index is 0.175. The van der Waals surface area contributed by atoms with Crippen molar-refractivity contribution in [3.8, 4) is 22.3 Å². The monoisotopic (exact) mass is 377 g/mol. The summed E-state index contributed by atoms with van der Waals surface area (Å²) in [7, 11) is 0. The molecule has 0 amide bonds. The predicted octanol–water partition coefficient (Wildman–Crippen LogP) is 8.06. The van der Waals surface area contributed by atoms with Gasteiger partial charge in [0.1, 0.15) is 0 Å². The zero-order chi connectivity index (χ0) is 20.3. The molecule has 0 aliphatic carbocycles. The van der Waals surface area contributed by atoms with E-state index in [4.69, 9.17) is 0 Å². The number of hydrogen-bond donors (Lipinski definition) is 1. The van der Waals surface area contributed by atoms with Crippen LogP contribution in [-0.4, -0.2) is 0 Å². The lowest BCUT2D eigenvalue weighted by Crippen LogP contribution is -2.10. The van der Waals surface area contributed by atoms with Gasteiger partial charge in [-0.2, -0.15) is 0 Å². The van der Waals surface area contributed by atoms with E-state index in [1.807, 2.05) is 0 Å². The summed E-state index contributed by atoms with van der Waals surface area (Å²) >= 11 is 0. The molecule has 1 heteroatoms. The molecule has 0 aromatic heterocycles. The first kappa shape index (κ1) is 19.0. The molecule has 0 atom stereocenters. The second kappa shape index (κ2) is 7.97. The number of anilines is 2. The molecule has 0 spiro atoms. The summed E-state index contributed by atoms with van der Waals surface area (Å²) in [6.45, 7) is 6.71. The third-order valence-corrected chi connectivity index (χ3v) is 5.23. The molecule has 4 aromatic rings. The summed E-state index contributed by atoms with van der Waals surface area (Å²) in [5, 5.41) is 3.50. The molecule has 0 saturated heterocycles. The molecular weight excluding hydrogens is 350 g/mol. The third-order valence-electron chi connectivity index (χ3n) is 5.23. The van der Waals surface area contributed by atoms with E-state index in [0.717, 1.165) is 11.4 Å². The minimum absolute atomic E-state index is 0.175. The summed E-state index contributed by atoms with van der Waals surface area (Å²) < 4.78 is 0. The molecule has 4 rings (SSSR count). The molecule has 0 heterocycles. The maximum absolute atomic E-state index is 3.50. The Morgan fingerprint density at radius 2 is 0.966 bits per heavy atom. The molecule has 0 saturated carbocycles. The van der Waals surface area contributed by atoms with E-state index in [1.54, 1.807) is 0 Å². The Labute approximate surface area is 174 Å². The number of hydrogen-bond acceptors (Lipinski definition) is 1. The van der Waals surface area contributed by atoms with Gasteiger partial charge in [0, 0.05) is 11.4 Å². The highest BCUT2D eigenvalue weighted by Crippen LogP contribution is 2.28. The van der Waals surface area contributed by atoms with Crippen molar-refractivity contribution in [2.24, 2.45) is 0 Å². The van der Waals surface area contributed by atoms with E-state index in [9.17, 15) is 0 Å². The van der Waals surface area contributed by atoms with Gasteiger partial charge in [-0.1, -0.05) is 93.6 Å². The van der Waals surface area contributed by atoms with Crippen molar-refractivity contribution >= 4 is 11.4 Å². The molecule has 29 heavy (non-hydrogen) atoms. The highest BCUT2D eigenvalue weighted by molar-refractivity contribution is 5.74. The molecule has 0 fully saturated rings. The lowest BCUT2D eigenvalue weighted by atomic mass is 9.87. The minimum Gasteiger partial charge on any atom is -0.356 e. The Balaban J connectivity index is 1.51.